The Morgan fingerprint density at radius 3 is 2.15 bits per heavy atom. The van der Waals surface area contributed by atoms with Crippen LogP contribution in [0.5, 0.6) is 0 Å². The van der Waals surface area contributed by atoms with Gasteiger partial charge in [-0.3, -0.25) is 29.4 Å². The maximum Gasteiger partial charge on any atom is 0.326 e. The van der Waals surface area contributed by atoms with Gasteiger partial charge in [0.25, 0.3) is 5.91 Å². The van der Waals surface area contributed by atoms with Gasteiger partial charge in [-0.1, -0.05) is 12.2 Å². The topological polar surface area (TPSA) is 122 Å². The fourth-order valence-corrected chi connectivity index (χ4v) is 3.03. The van der Waals surface area contributed by atoms with Crippen LogP contribution in [0.2, 0.25) is 0 Å². The molecule has 1 fully saturated rings. The molecule has 1 saturated heterocycles. The van der Waals surface area contributed by atoms with Gasteiger partial charge in [0.2, 0.25) is 11.8 Å². The minimum atomic E-state index is -1.25. The van der Waals surface area contributed by atoms with E-state index in [1.165, 1.54) is 6.92 Å². The minimum absolute atomic E-state index is 0.395. The molecule has 1 aliphatic carbocycles. The van der Waals surface area contributed by atoms with E-state index in [9.17, 15) is 24.0 Å². The number of carbonyl (C=O) groups excluding carboxylic acids is 5. The van der Waals surface area contributed by atoms with Crippen LogP contribution >= 0.6 is 0 Å². The van der Waals surface area contributed by atoms with E-state index in [-0.39, 0.29) is 0 Å². The van der Waals surface area contributed by atoms with E-state index in [2.05, 4.69) is 10.6 Å². The lowest BCUT2D eigenvalue weighted by atomic mass is 9.85. The average Bonchev–Trinajstić information content (AvgIpc) is 2.78. The highest BCUT2D eigenvalue weighted by Gasteiger charge is 2.47. The van der Waals surface area contributed by atoms with Crippen molar-refractivity contribution in [2.24, 2.45) is 11.8 Å². The second-order valence-electron chi connectivity index (χ2n) is 7.74. The highest BCUT2D eigenvalue weighted by Crippen LogP contribution is 2.34. The van der Waals surface area contributed by atoms with Crippen molar-refractivity contribution in [3.8, 4) is 0 Å². The number of nitrogens with zero attached hydrogens (tertiary/aromatic N) is 1. The third-order valence-electron chi connectivity index (χ3n) is 4.29. The highest BCUT2D eigenvalue weighted by molar-refractivity contribution is 6.07. The van der Waals surface area contributed by atoms with Crippen molar-refractivity contribution in [1.82, 2.24) is 15.5 Å². The molecule has 0 bridgehead atoms. The summed E-state index contributed by atoms with van der Waals surface area (Å²) in [6.07, 6.45) is 3.40. The van der Waals surface area contributed by atoms with Gasteiger partial charge in [0.05, 0.1) is 11.8 Å². The number of fused-ring (bicyclic) bond motifs is 1. The smallest absolute Gasteiger partial charge is 0.326 e. The van der Waals surface area contributed by atoms with Crippen LogP contribution in [-0.4, -0.2) is 52.8 Å². The molecule has 2 aliphatic rings. The van der Waals surface area contributed by atoms with Crippen LogP contribution in [0.15, 0.2) is 12.2 Å². The number of hydrogen-bond acceptors (Lipinski definition) is 6. The molecule has 3 atom stereocenters. The van der Waals surface area contributed by atoms with Crippen molar-refractivity contribution in [2.45, 2.75) is 52.2 Å². The first-order valence-electron chi connectivity index (χ1n) is 8.82. The van der Waals surface area contributed by atoms with Gasteiger partial charge in [0.1, 0.15) is 6.54 Å². The van der Waals surface area contributed by atoms with Gasteiger partial charge in [0, 0.05) is 5.54 Å². The van der Waals surface area contributed by atoms with E-state index in [4.69, 9.17) is 4.74 Å². The van der Waals surface area contributed by atoms with Crippen LogP contribution in [-0.2, 0) is 23.9 Å². The number of likely N-dealkylation sites (tertiary alicyclic amines) is 1. The van der Waals surface area contributed by atoms with E-state index in [1.807, 2.05) is 12.2 Å². The molecule has 0 aromatic carbocycles. The average molecular weight is 379 g/mol. The molecule has 2 rings (SSSR count). The third kappa shape index (κ3) is 5.15. The largest absolute Gasteiger partial charge is 0.451 e. The Morgan fingerprint density at radius 1 is 1.15 bits per heavy atom. The molecule has 9 nitrogen and oxygen atoms in total. The fourth-order valence-electron chi connectivity index (χ4n) is 3.03. The van der Waals surface area contributed by atoms with Crippen LogP contribution in [0.4, 0.5) is 4.79 Å². The second kappa shape index (κ2) is 7.89. The molecule has 0 saturated carbocycles. The summed E-state index contributed by atoms with van der Waals surface area (Å²) in [5.41, 5.74) is -0.535. The lowest BCUT2D eigenvalue weighted by Crippen LogP contribution is -2.51. The van der Waals surface area contributed by atoms with Crippen LogP contribution in [0, 0.1) is 11.8 Å². The van der Waals surface area contributed by atoms with Crippen LogP contribution in [0.25, 0.3) is 0 Å². The number of carbonyl (C=O) groups is 5. The number of urea groups is 1. The molecule has 1 heterocycles. The second-order valence-corrected chi connectivity index (χ2v) is 7.74. The zero-order valence-corrected chi connectivity index (χ0v) is 15.9. The van der Waals surface area contributed by atoms with E-state index in [1.54, 1.807) is 20.8 Å². The Hall–Kier alpha value is -2.71. The van der Waals surface area contributed by atoms with Crippen molar-refractivity contribution in [1.29, 1.82) is 0 Å². The Labute approximate surface area is 157 Å². The highest BCUT2D eigenvalue weighted by atomic mass is 16.5. The molecular formula is C18H25N3O6. The van der Waals surface area contributed by atoms with Gasteiger partial charge in [-0.2, -0.15) is 0 Å². The van der Waals surface area contributed by atoms with Gasteiger partial charge in [-0.15, -0.1) is 0 Å². The molecule has 0 unspecified atom stereocenters. The number of allylic oxidation sites excluding steroid dienone is 2. The summed E-state index contributed by atoms with van der Waals surface area (Å²) in [6.45, 7) is 6.00. The molecular weight excluding hydrogens is 354 g/mol. The summed E-state index contributed by atoms with van der Waals surface area (Å²) in [5.74, 6) is -3.35. The lowest BCUT2D eigenvalue weighted by Gasteiger charge is -2.21. The Kier molecular flexibility index (Phi) is 6.02. The van der Waals surface area contributed by atoms with Crippen molar-refractivity contribution >= 4 is 29.7 Å². The monoisotopic (exact) mass is 379 g/mol. The number of esters is 1. The predicted octanol–water partition coefficient (Wildman–Crippen LogP) is 0.494. The predicted molar refractivity (Wildman–Crippen MR) is 94.1 cm³/mol. The molecule has 9 heteroatoms. The maximum atomic E-state index is 12.3. The Morgan fingerprint density at radius 2 is 1.67 bits per heavy atom. The first-order chi connectivity index (χ1) is 12.5. The van der Waals surface area contributed by atoms with Gasteiger partial charge >= 0.3 is 12.0 Å². The van der Waals surface area contributed by atoms with E-state index < -0.39 is 59.7 Å². The summed E-state index contributed by atoms with van der Waals surface area (Å²) >= 11 is 0. The lowest BCUT2D eigenvalue weighted by molar-refractivity contribution is -0.159. The molecule has 1 aliphatic heterocycles. The SMILES string of the molecule is C[C@@H](OC(=O)CN1C(=O)[C@H]2CC=CC[C@H]2C1=O)C(=O)NC(=O)NC(C)(C)C. The molecule has 148 valence electrons. The number of amides is 5. The zero-order chi connectivity index (χ0) is 20.4. The first kappa shape index (κ1) is 20.6. The van der Waals surface area contributed by atoms with Gasteiger partial charge in [0.15, 0.2) is 6.10 Å². The molecule has 2 N–H and O–H groups in total. The van der Waals surface area contributed by atoms with Crippen molar-refractivity contribution in [3.05, 3.63) is 12.2 Å². The Bertz CT molecular complexity index is 668. The summed E-state index contributed by atoms with van der Waals surface area (Å²) in [5, 5.41) is 4.61. The Balaban J connectivity index is 1.86. The number of hydrogen-bond donors (Lipinski definition) is 2. The summed E-state index contributed by atoms with van der Waals surface area (Å²) < 4.78 is 4.96. The molecule has 0 aromatic rings. The fraction of sp³-hybridized carbons (Fsp3) is 0.611. The van der Waals surface area contributed by atoms with E-state index >= 15 is 0 Å². The molecule has 0 radical (unpaired) electrons. The standard InChI is InChI=1S/C18H25N3O6/c1-10(14(23)19-17(26)20-18(2,3)4)27-13(22)9-21-15(24)11-7-5-6-8-12(11)16(21)25/h5-6,10-12H,7-9H2,1-4H3,(H2,19,20,23,26)/t10-,11-,12+/m1/s1. The first-order valence-corrected chi connectivity index (χ1v) is 8.82. The van der Waals surface area contributed by atoms with Crippen molar-refractivity contribution < 1.29 is 28.7 Å². The van der Waals surface area contributed by atoms with Gasteiger partial charge in [-0.05, 0) is 40.5 Å². The van der Waals surface area contributed by atoms with Crippen LogP contribution in [0.3, 0.4) is 0 Å². The molecule has 27 heavy (non-hydrogen) atoms. The van der Waals surface area contributed by atoms with Gasteiger partial charge < -0.3 is 10.1 Å². The number of rotatable bonds is 4. The summed E-state index contributed by atoms with van der Waals surface area (Å²) in [7, 11) is 0. The number of ether oxygens (including phenoxy) is 1. The van der Waals surface area contributed by atoms with Crippen molar-refractivity contribution in [2.75, 3.05) is 6.54 Å². The van der Waals surface area contributed by atoms with Gasteiger partial charge in [-0.25, -0.2) is 4.79 Å². The third-order valence-corrected chi connectivity index (χ3v) is 4.29. The summed E-state index contributed by atoms with van der Waals surface area (Å²) in [6, 6.07) is -0.711. The molecule has 0 spiro atoms. The van der Waals surface area contributed by atoms with E-state index in [0.717, 1.165) is 4.90 Å². The van der Waals surface area contributed by atoms with E-state index in [0.29, 0.717) is 12.8 Å². The van der Waals surface area contributed by atoms with Crippen molar-refractivity contribution in [3.63, 3.8) is 0 Å². The maximum absolute atomic E-state index is 12.3. The molecule has 5 amide bonds. The van der Waals surface area contributed by atoms with Crippen LogP contribution in [0.1, 0.15) is 40.5 Å². The zero-order valence-electron chi connectivity index (χ0n) is 15.9. The number of nitrogens with one attached hydrogen (secondary N) is 2. The molecule has 0 aromatic heterocycles. The normalized spacial score (nSPS) is 22.9. The quantitative estimate of drug-likeness (QED) is 0.417. The summed E-state index contributed by atoms with van der Waals surface area (Å²) in [4.78, 5) is 61.2. The minimum Gasteiger partial charge on any atom is -0.451 e. The van der Waals surface area contributed by atoms with Crippen LogP contribution < -0.4 is 10.6 Å². The number of imide groups is 2.